The zero-order valence-electron chi connectivity index (χ0n) is 29.7. The molecule has 2 saturated heterocycles. The van der Waals surface area contributed by atoms with E-state index in [9.17, 15) is 20.0 Å². The van der Waals surface area contributed by atoms with Gasteiger partial charge < -0.3 is 30.0 Å². The van der Waals surface area contributed by atoms with Crippen LogP contribution in [0.1, 0.15) is 54.0 Å². The number of carbonyl (C=O) groups excluding carboxylic acids is 1. The molecule has 3 N–H and O–H groups in total. The standard InChI is InChI=1S/C40H40Cl2N6O6/c1-52-37-25(22-48-16-14-24(21-48)40(50)51)18-32(41)39(47-37)54-34-12-10-28-27(4-2-5-29(28)34)30-6-3-7-31(36(30)42)33-11-8-23(38(46-33)53-17-15-43)19-44-20-26-9-13-35(49)45-26/h2-8,11,18,24,26,34,44H,9-10,12-14,16-17,19-22H2,1H3,(H,45,49)(H,50,51)/t24-,26+,34+/m1/s1. The fourth-order valence-corrected chi connectivity index (χ4v) is 8.08. The highest BCUT2D eigenvalue weighted by Crippen LogP contribution is 2.45. The minimum atomic E-state index is -0.781. The molecule has 12 nitrogen and oxygen atoms in total. The summed E-state index contributed by atoms with van der Waals surface area (Å²) in [5.41, 5.74) is 6.88. The number of likely N-dealkylation sites (tertiary alicyclic amines) is 1. The molecular weight excluding hydrogens is 731 g/mol. The topological polar surface area (TPSA) is 159 Å². The summed E-state index contributed by atoms with van der Waals surface area (Å²) in [5.74, 6) is -0.0877. The van der Waals surface area contributed by atoms with Gasteiger partial charge in [0.15, 0.2) is 6.61 Å². The lowest BCUT2D eigenvalue weighted by molar-refractivity contribution is -0.141. The molecule has 7 rings (SSSR count). The van der Waals surface area contributed by atoms with Crippen molar-refractivity contribution in [2.75, 3.05) is 33.4 Å². The minimum Gasteiger partial charge on any atom is -0.481 e. The van der Waals surface area contributed by atoms with E-state index in [1.165, 1.54) is 0 Å². The Morgan fingerprint density at radius 3 is 2.59 bits per heavy atom. The van der Waals surface area contributed by atoms with Gasteiger partial charge in [0.25, 0.3) is 0 Å². The zero-order valence-corrected chi connectivity index (χ0v) is 31.3. The van der Waals surface area contributed by atoms with Crippen molar-refractivity contribution in [3.05, 3.63) is 86.9 Å². The molecule has 2 aromatic carbocycles. The first-order valence-electron chi connectivity index (χ1n) is 18.0. The van der Waals surface area contributed by atoms with Crippen molar-refractivity contribution in [2.45, 2.75) is 57.3 Å². The number of halogens is 2. The van der Waals surface area contributed by atoms with Gasteiger partial charge >= 0.3 is 5.97 Å². The smallest absolute Gasteiger partial charge is 0.307 e. The van der Waals surface area contributed by atoms with Gasteiger partial charge in [-0.2, -0.15) is 10.2 Å². The molecule has 0 unspecified atom stereocenters. The van der Waals surface area contributed by atoms with Crippen molar-refractivity contribution in [1.82, 2.24) is 25.5 Å². The van der Waals surface area contributed by atoms with Gasteiger partial charge in [0.05, 0.1) is 23.7 Å². The number of amides is 1. The number of fused-ring (bicyclic) bond motifs is 1. The number of carbonyl (C=O) groups is 2. The first-order chi connectivity index (χ1) is 26.2. The molecule has 2 aromatic heterocycles. The quantitative estimate of drug-likeness (QED) is 0.131. The first-order valence-corrected chi connectivity index (χ1v) is 18.7. The highest BCUT2D eigenvalue weighted by atomic mass is 35.5. The molecule has 4 heterocycles. The Kier molecular flexibility index (Phi) is 11.5. The Hall–Kier alpha value is -4.93. The highest BCUT2D eigenvalue weighted by molar-refractivity contribution is 6.36. The van der Waals surface area contributed by atoms with E-state index in [4.69, 9.17) is 42.4 Å². The Bertz CT molecular complexity index is 2110. The Morgan fingerprint density at radius 2 is 1.83 bits per heavy atom. The predicted octanol–water partition coefficient (Wildman–Crippen LogP) is 6.37. The van der Waals surface area contributed by atoms with Gasteiger partial charge in [0.2, 0.25) is 23.5 Å². The third-order valence-corrected chi connectivity index (χ3v) is 10.9. The van der Waals surface area contributed by atoms with Crippen molar-refractivity contribution in [3.8, 4) is 46.1 Å². The number of hydrogen-bond acceptors (Lipinski definition) is 10. The van der Waals surface area contributed by atoms with Crippen LogP contribution in [0.4, 0.5) is 0 Å². The van der Waals surface area contributed by atoms with Crippen LogP contribution in [-0.4, -0.2) is 71.2 Å². The van der Waals surface area contributed by atoms with Gasteiger partial charge in [-0.15, -0.1) is 0 Å². The summed E-state index contributed by atoms with van der Waals surface area (Å²) in [7, 11) is 1.55. The zero-order chi connectivity index (χ0) is 37.8. The average Bonchev–Trinajstić information content (AvgIpc) is 3.93. The number of carboxylic acid groups (broad SMARTS) is 1. The van der Waals surface area contributed by atoms with Crippen LogP contribution in [0, 0.1) is 17.2 Å². The fraction of sp³-hybridized carbons (Fsp3) is 0.375. The molecule has 4 aromatic rings. The molecule has 3 aliphatic rings. The minimum absolute atomic E-state index is 0.0672. The molecule has 14 heteroatoms. The van der Waals surface area contributed by atoms with Crippen molar-refractivity contribution >= 4 is 35.1 Å². The van der Waals surface area contributed by atoms with Gasteiger partial charge in [-0.05, 0) is 61.1 Å². The third-order valence-electron chi connectivity index (χ3n) is 10.2. The number of hydrogen-bond donors (Lipinski definition) is 3. The van der Waals surface area contributed by atoms with Gasteiger partial charge in [-0.3, -0.25) is 14.5 Å². The van der Waals surface area contributed by atoms with Gasteiger partial charge in [-0.25, -0.2) is 4.98 Å². The maximum Gasteiger partial charge on any atom is 0.307 e. The molecule has 3 atom stereocenters. The number of rotatable bonds is 14. The fourth-order valence-electron chi connectivity index (χ4n) is 7.54. The normalized spacial score (nSPS) is 19.3. The second-order valence-corrected chi connectivity index (χ2v) is 14.5. The maximum absolute atomic E-state index is 11.6. The number of nitrogens with zero attached hydrogens (tertiary/aromatic N) is 4. The number of ether oxygens (including phenoxy) is 3. The Labute approximate surface area is 323 Å². The lowest BCUT2D eigenvalue weighted by Crippen LogP contribution is -2.35. The van der Waals surface area contributed by atoms with E-state index in [0.29, 0.717) is 79.5 Å². The van der Waals surface area contributed by atoms with E-state index in [1.54, 1.807) is 13.2 Å². The summed E-state index contributed by atoms with van der Waals surface area (Å²) in [4.78, 5) is 34.5. The number of nitrogens with one attached hydrogen (secondary N) is 2. The van der Waals surface area contributed by atoms with E-state index >= 15 is 0 Å². The van der Waals surface area contributed by atoms with E-state index in [-0.39, 0.29) is 36.5 Å². The summed E-state index contributed by atoms with van der Waals surface area (Å²) >= 11 is 13.9. The van der Waals surface area contributed by atoms with Crippen LogP contribution in [0.15, 0.2) is 54.6 Å². The third kappa shape index (κ3) is 8.10. The van der Waals surface area contributed by atoms with Gasteiger partial charge in [0.1, 0.15) is 17.2 Å². The Morgan fingerprint density at radius 1 is 1.02 bits per heavy atom. The number of methoxy groups -OCH3 is 1. The molecule has 0 bridgehead atoms. The van der Waals surface area contributed by atoms with Crippen LogP contribution in [0.5, 0.6) is 17.6 Å². The van der Waals surface area contributed by atoms with Gasteiger partial charge in [0, 0.05) is 60.9 Å². The van der Waals surface area contributed by atoms with E-state index < -0.39 is 5.97 Å². The molecule has 2 fully saturated rings. The number of aromatic nitrogens is 2. The molecule has 0 radical (unpaired) electrons. The monoisotopic (exact) mass is 770 g/mol. The lowest BCUT2D eigenvalue weighted by atomic mass is 9.94. The number of carboxylic acids is 1. The Balaban J connectivity index is 1.10. The van der Waals surface area contributed by atoms with Crippen molar-refractivity contribution in [1.29, 1.82) is 5.26 Å². The lowest BCUT2D eigenvalue weighted by Gasteiger charge is -2.20. The average molecular weight is 772 g/mol. The molecule has 1 aliphatic carbocycles. The first kappa shape index (κ1) is 37.4. The van der Waals surface area contributed by atoms with Crippen LogP contribution in [0.2, 0.25) is 10.0 Å². The summed E-state index contributed by atoms with van der Waals surface area (Å²) < 4.78 is 17.8. The molecule has 0 spiro atoms. The number of benzene rings is 2. The molecular formula is C40H40Cl2N6O6. The van der Waals surface area contributed by atoms with Crippen LogP contribution in [0.25, 0.3) is 22.4 Å². The predicted molar refractivity (Wildman–Crippen MR) is 203 cm³/mol. The number of nitriles is 1. The van der Waals surface area contributed by atoms with E-state index in [2.05, 4.69) is 26.6 Å². The summed E-state index contributed by atoms with van der Waals surface area (Å²) in [6.07, 6.45) is 3.09. The van der Waals surface area contributed by atoms with Crippen LogP contribution in [-0.2, 0) is 29.1 Å². The SMILES string of the molecule is COc1nc(O[C@H]2CCc3c(-c4cccc(-c5ccc(CNC[C@@H]6CCC(=O)N6)c(OCC#N)n5)c4Cl)cccc32)c(Cl)cc1CN1CC[C@@H](C(=O)O)C1. The van der Waals surface area contributed by atoms with Gasteiger partial charge in [-0.1, -0.05) is 65.7 Å². The second kappa shape index (κ2) is 16.6. The van der Waals surface area contributed by atoms with Crippen molar-refractivity contribution in [3.63, 3.8) is 0 Å². The summed E-state index contributed by atoms with van der Waals surface area (Å²) in [5, 5.41) is 25.8. The molecule has 280 valence electrons. The largest absolute Gasteiger partial charge is 0.481 e. The van der Waals surface area contributed by atoms with Crippen molar-refractivity contribution < 1.29 is 28.9 Å². The number of aliphatic carboxylic acids is 1. The molecule has 2 aliphatic heterocycles. The second-order valence-electron chi connectivity index (χ2n) is 13.7. The number of pyridine rings is 2. The van der Waals surface area contributed by atoms with Crippen LogP contribution < -0.4 is 24.8 Å². The van der Waals surface area contributed by atoms with Crippen molar-refractivity contribution in [2.24, 2.45) is 5.92 Å². The van der Waals surface area contributed by atoms with Crippen LogP contribution >= 0.6 is 23.2 Å². The maximum atomic E-state index is 11.6. The summed E-state index contributed by atoms with van der Waals surface area (Å²) in [6.45, 7) is 2.53. The molecule has 54 heavy (non-hydrogen) atoms. The molecule has 0 saturated carbocycles. The highest BCUT2D eigenvalue weighted by Gasteiger charge is 2.31. The van der Waals surface area contributed by atoms with E-state index in [1.807, 2.05) is 48.5 Å². The molecule has 1 amide bonds. The van der Waals surface area contributed by atoms with Crippen LogP contribution in [0.3, 0.4) is 0 Å². The van der Waals surface area contributed by atoms with E-state index in [0.717, 1.165) is 51.8 Å². The summed E-state index contributed by atoms with van der Waals surface area (Å²) in [6, 6.07) is 19.7.